The number of anilines is 1. The normalized spacial score (nSPS) is 10.8. The summed E-state index contributed by atoms with van der Waals surface area (Å²) in [6.45, 7) is 0.275. The van der Waals surface area contributed by atoms with Crippen LogP contribution < -0.4 is 20.3 Å². The van der Waals surface area contributed by atoms with E-state index in [4.69, 9.17) is 14.3 Å². The molecule has 0 spiro atoms. The van der Waals surface area contributed by atoms with Gasteiger partial charge in [0, 0.05) is 35.7 Å². The molecule has 0 fully saturated rings. The number of nitrogens with one attached hydrogen (secondary N) is 2. The van der Waals surface area contributed by atoms with Gasteiger partial charge in [0.25, 0.3) is 11.8 Å². The van der Waals surface area contributed by atoms with Gasteiger partial charge in [0.2, 0.25) is 5.82 Å². The summed E-state index contributed by atoms with van der Waals surface area (Å²) in [5, 5.41) is 49.9. The van der Waals surface area contributed by atoms with Gasteiger partial charge in [-0.05, 0) is 44.0 Å². The summed E-state index contributed by atoms with van der Waals surface area (Å²) in [7, 11) is 0. The maximum Gasteiger partial charge on any atom is 0.341 e. The van der Waals surface area contributed by atoms with Crippen LogP contribution in [0.15, 0.2) is 53.1 Å². The van der Waals surface area contributed by atoms with Crippen LogP contribution in [0.1, 0.15) is 38.7 Å². The van der Waals surface area contributed by atoms with Gasteiger partial charge in [0.15, 0.2) is 23.2 Å². The number of carbonyl (C=O) groups is 5. The summed E-state index contributed by atoms with van der Waals surface area (Å²) < 4.78 is 11.3. The Balaban J connectivity index is 1.14. The maximum atomic E-state index is 12.8. The Bertz CT molecular complexity index is 2050. The maximum absolute atomic E-state index is 12.8. The summed E-state index contributed by atoms with van der Waals surface area (Å²) in [5.74, 6) is -3.49. The zero-order valence-corrected chi connectivity index (χ0v) is 27.7. The van der Waals surface area contributed by atoms with E-state index in [-0.39, 0.29) is 34.6 Å². The van der Waals surface area contributed by atoms with Gasteiger partial charge in [-0.3, -0.25) is 19.2 Å². The van der Waals surface area contributed by atoms with E-state index < -0.39 is 37.6 Å². The summed E-state index contributed by atoms with van der Waals surface area (Å²) in [4.78, 5) is 64.9. The summed E-state index contributed by atoms with van der Waals surface area (Å²) in [6, 6.07) is 11.1. The van der Waals surface area contributed by atoms with Gasteiger partial charge in [-0.2, -0.15) is 0 Å². The lowest BCUT2D eigenvalue weighted by Gasteiger charge is -2.23. The lowest BCUT2D eigenvalue weighted by Crippen LogP contribution is -2.34. The molecule has 19 heteroatoms. The molecule has 0 unspecified atom stereocenters. The number of aliphatic carboxylic acids is 3. The van der Waals surface area contributed by atoms with Crippen molar-refractivity contribution in [1.29, 1.82) is 0 Å². The molecular formula is C32H30N8O10S. The molecule has 2 amide bonds. The van der Waals surface area contributed by atoms with Crippen molar-refractivity contribution < 1.29 is 48.4 Å². The number of aromatic nitrogens is 5. The number of furan rings is 1. The molecule has 51 heavy (non-hydrogen) atoms. The van der Waals surface area contributed by atoms with Crippen molar-refractivity contribution in [2.75, 3.05) is 37.7 Å². The van der Waals surface area contributed by atoms with Gasteiger partial charge in [-0.1, -0.05) is 12.1 Å². The number of aryl methyl sites for hydroxylation is 1. The molecule has 0 bridgehead atoms. The fourth-order valence-corrected chi connectivity index (χ4v) is 5.50. The Morgan fingerprint density at radius 2 is 1.49 bits per heavy atom. The highest BCUT2D eigenvalue weighted by Gasteiger charge is 2.22. The lowest BCUT2D eigenvalue weighted by atomic mass is 10.1. The molecule has 0 aliphatic heterocycles. The van der Waals surface area contributed by atoms with E-state index >= 15 is 0 Å². The minimum atomic E-state index is -1.31. The zero-order chi connectivity index (χ0) is 36.5. The summed E-state index contributed by atoms with van der Waals surface area (Å²) >= 11 is 1.06. The first-order valence-corrected chi connectivity index (χ1v) is 16.1. The molecule has 5 rings (SSSR count). The van der Waals surface area contributed by atoms with Crippen LogP contribution in [0.25, 0.3) is 33.1 Å². The molecule has 0 atom stereocenters. The van der Waals surface area contributed by atoms with Crippen molar-refractivity contribution in [1.82, 2.24) is 36.0 Å². The van der Waals surface area contributed by atoms with Crippen molar-refractivity contribution in [3.63, 3.8) is 0 Å². The van der Waals surface area contributed by atoms with Gasteiger partial charge in [-0.25, -0.2) is 9.78 Å². The molecule has 3 heterocycles. The quantitative estimate of drug-likeness (QED) is 0.0865. The van der Waals surface area contributed by atoms with Crippen LogP contribution in [0.2, 0.25) is 0 Å². The van der Waals surface area contributed by atoms with E-state index in [2.05, 4.69) is 36.0 Å². The van der Waals surface area contributed by atoms with Crippen LogP contribution in [0.4, 0.5) is 5.69 Å². The van der Waals surface area contributed by atoms with Crippen LogP contribution in [0.3, 0.4) is 0 Å². The Morgan fingerprint density at radius 1 is 0.843 bits per heavy atom. The number of rotatable bonds is 17. The molecule has 0 aliphatic carbocycles. The largest absolute Gasteiger partial charge is 0.480 e. The summed E-state index contributed by atoms with van der Waals surface area (Å²) in [5.41, 5.74) is 1.38. The number of amides is 2. The monoisotopic (exact) mass is 718 g/mol. The van der Waals surface area contributed by atoms with Crippen molar-refractivity contribution in [3.05, 3.63) is 64.9 Å². The molecular weight excluding hydrogens is 688 g/mol. The highest BCUT2D eigenvalue weighted by molar-refractivity contribution is 7.16. The first kappa shape index (κ1) is 35.8. The van der Waals surface area contributed by atoms with E-state index in [9.17, 15) is 34.2 Å². The lowest BCUT2D eigenvalue weighted by molar-refractivity contribution is -0.140. The van der Waals surface area contributed by atoms with Crippen LogP contribution in [-0.4, -0.2) is 103 Å². The van der Waals surface area contributed by atoms with Crippen molar-refractivity contribution in [3.8, 4) is 27.9 Å². The first-order valence-electron chi connectivity index (χ1n) is 15.2. The molecule has 0 aliphatic rings. The fourth-order valence-electron chi connectivity index (χ4n) is 4.72. The number of benzene rings is 2. The van der Waals surface area contributed by atoms with Crippen molar-refractivity contribution in [2.45, 2.75) is 19.8 Å². The van der Waals surface area contributed by atoms with Gasteiger partial charge in [0.1, 0.15) is 29.3 Å². The van der Waals surface area contributed by atoms with Crippen LogP contribution in [-0.2, 0) is 14.4 Å². The molecule has 0 saturated carbocycles. The van der Waals surface area contributed by atoms with Crippen molar-refractivity contribution in [2.24, 2.45) is 0 Å². The smallest absolute Gasteiger partial charge is 0.341 e. The Morgan fingerprint density at radius 3 is 2.12 bits per heavy atom. The predicted octanol–water partition coefficient (Wildman–Crippen LogP) is 2.49. The molecule has 5 N–H and O–H groups in total. The van der Waals surface area contributed by atoms with Crippen LogP contribution in [0.5, 0.6) is 5.75 Å². The average molecular weight is 719 g/mol. The minimum absolute atomic E-state index is 0.00668. The third-order valence-corrected chi connectivity index (χ3v) is 8.05. The van der Waals surface area contributed by atoms with E-state index in [1.165, 1.54) is 18.3 Å². The molecule has 0 saturated heterocycles. The van der Waals surface area contributed by atoms with E-state index in [1.54, 1.807) is 37.3 Å². The van der Waals surface area contributed by atoms with Gasteiger partial charge >= 0.3 is 17.9 Å². The Labute approximate surface area is 292 Å². The number of carboxylic acids is 3. The number of unbranched alkanes of at least 4 members (excludes halogenated alkanes) is 1. The molecule has 264 valence electrons. The number of hydrogen-bond acceptors (Lipinski definition) is 14. The third kappa shape index (κ3) is 9.57. The molecule has 0 radical (unpaired) electrons. The van der Waals surface area contributed by atoms with Gasteiger partial charge in [-0.15, -0.1) is 31.7 Å². The van der Waals surface area contributed by atoms with E-state index in [1.807, 2.05) is 0 Å². The standard InChI is InChI=1S/C32H30N8O10S/c1-17-36-38-29(39-37-17)18-4-6-19(7-5-18)30(47)33-8-2-3-9-34-31(48)25-13-35-32(51-25)24-11-20-10-23(49-16-28(45)46)21(12-22(20)50-24)40(14-26(41)42)15-27(43)44/h4-7,10-13H,2-3,8-9,14-16H2,1H3,(H,33,47)(H,34,48)(H,41,42)(H,43,44)(H,45,46). The topological polar surface area (TPSA) is 260 Å². The molecule has 18 nitrogen and oxygen atoms in total. The van der Waals surface area contributed by atoms with E-state index in [0.717, 1.165) is 16.2 Å². The number of thiazole rings is 1. The number of nitrogens with zero attached hydrogens (tertiary/aromatic N) is 6. The van der Waals surface area contributed by atoms with Crippen LogP contribution in [0, 0.1) is 6.92 Å². The number of ether oxygens (including phenoxy) is 1. The van der Waals surface area contributed by atoms with E-state index in [0.29, 0.717) is 64.0 Å². The fraction of sp³-hybridized carbons (Fsp3) is 0.250. The molecule has 5 aromatic rings. The number of fused-ring (bicyclic) bond motifs is 1. The molecule has 3 aromatic heterocycles. The highest BCUT2D eigenvalue weighted by Crippen LogP contribution is 2.38. The number of carboxylic acid groups (broad SMARTS) is 3. The van der Waals surface area contributed by atoms with Crippen LogP contribution >= 0.6 is 11.3 Å². The summed E-state index contributed by atoms with van der Waals surface area (Å²) in [6.07, 6.45) is 2.60. The Hall–Kier alpha value is -6.50. The second kappa shape index (κ2) is 16.3. The van der Waals surface area contributed by atoms with Gasteiger partial charge in [0.05, 0.1) is 11.9 Å². The zero-order valence-electron chi connectivity index (χ0n) is 26.9. The highest BCUT2D eigenvalue weighted by atomic mass is 32.1. The Kier molecular flexibility index (Phi) is 11.4. The second-order valence-corrected chi connectivity index (χ2v) is 11.9. The number of hydrogen-bond donors (Lipinski definition) is 5. The predicted molar refractivity (Wildman–Crippen MR) is 180 cm³/mol. The SMILES string of the molecule is Cc1nnc(-c2ccc(C(=O)NCCCCNC(=O)c3cnc(-c4cc5cc(OCC(=O)O)c(N(CC(=O)O)CC(=O)O)cc5o4)s3)cc2)nn1. The number of carbonyl (C=O) groups excluding carboxylic acids is 2. The van der Waals surface area contributed by atoms with Crippen molar-refractivity contribution >= 4 is 57.7 Å². The minimum Gasteiger partial charge on any atom is -0.480 e. The average Bonchev–Trinajstić information content (AvgIpc) is 3.75. The molecule has 2 aromatic carbocycles. The second-order valence-electron chi connectivity index (χ2n) is 10.9. The third-order valence-electron chi connectivity index (χ3n) is 7.04. The first-order chi connectivity index (χ1) is 24.5. The van der Waals surface area contributed by atoms with Gasteiger partial charge < -0.3 is 40.0 Å².